The van der Waals surface area contributed by atoms with Gasteiger partial charge in [0.2, 0.25) is 0 Å². The van der Waals surface area contributed by atoms with Crippen molar-refractivity contribution in [3.63, 3.8) is 0 Å². The minimum absolute atomic E-state index is 0.687. The second kappa shape index (κ2) is 8.53. The largest absolute Gasteiger partial charge is 0.384 e. The van der Waals surface area contributed by atoms with Crippen molar-refractivity contribution in [1.82, 2.24) is 5.32 Å². The molecule has 0 bridgehead atoms. The van der Waals surface area contributed by atoms with E-state index in [1.807, 2.05) is 11.8 Å². The zero-order valence-corrected chi connectivity index (χ0v) is 9.78. The maximum absolute atomic E-state index is 5.30. The molecule has 3 nitrogen and oxygen atoms in total. The van der Waals surface area contributed by atoms with Crippen molar-refractivity contribution in [1.29, 1.82) is 0 Å². The normalized spacial score (nSPS) is 18.6. The third-order valence-corrected chi connectivity index (χ3v) is 3.28. The molecule has 1 aliphatic rings. The van der Waals surface area contributed by atoms with Crippen molar-refractivity contribution in [2.75, 3.05) is 45.0 Å². The highest BCUT2D eigenvalue weighted by Crippen LogP contribution is 2.06. The van der Waals surface area contributed by atoms with Gasteiger partial charge in [0, 0.05) is 44.4 Å². The SMILES string of the molecule is COCCSCCNC1CCOCC1. The minimum Gasteiger partial charge on any atom is -0.384 e. The topological polar surface area (TPSA) is 30.5 Å². The van der Waals surface area contributed by atoms with Gasteiger partial charge in [-0.25, -0.2) is 0 Å². The summed E-state index contributed by atoms with van der Waals surface area (Å²) in [6.45, 7) is 3.82. The van der Waals surface area contributed by atoms with Crippen LogP contribution in [-0.2, 0) is 9.47 Å². The molecular weight excluding hydrogens is 198 g/mol. The van der Waals surface area contributed by atoms with Crippen molar-refractivity contribution < 1.29 is 9.47 Å². The summed E-state index contributed by atoms with van der Waals surface area (Å²) in [5.74, 6) is 2.28. The number of thioether (sulfide) groups is 1. The highest BCUT2D eigenvalue weighted by Gasteiger charge is 2.11. The van der Waals surface area contributed by atoms with Crippen LogP contribution in [-0.4, -0.2) is 51.0 Å². The predicted octanol–water partition coefficient (Wildman–Crippen LogP) is 1.13. The zero-order valence-electron chi connectivity index (χ0n) is 8.96. The van der Waals surface area contributed by atoms with Gasteiger partial charge in [0.15, 0.2) is 0 Å². The Morgan fingerprint density at radius 3 is 2.86 bits per heavy atom. The molecule has 0 atom stereocenters. The second-order valence-corrected chi connectivity index (χ2v) is 4.67. The van der Waals surface area contributed by atoms with E-state index >= 15 is 0 Å². The van der Waals surface area contributed by atoms with Crippen molar-refractivity contribution in [3.05, 3.63) is 0 Å². The summed E-state index contributed by atoms with van der Waals surface area (Å²) in [6, 6.07) is 0.687. The van der Waals surface area contributed by atoms with E-state index in [0.29, 0.717) is 6.04 Å². The quantitative estimate of drug-likeness (QED) is 0.650. The lowest BCUT2D eigenvalue weighted by molar-refractivity contribution is 0.0786. The molecule has 0 unspecified atom stereocenters. The highest BCUT2D eigenvalue weighted by atomic mass is 32.2. The third kappa shape index (κ3) is 5.86. The van der Waals surface area contributed by atoms with E-state index in [-0.39, 0.29) is 0 Å². The van der Waals surface area contributed by atoms with Crippen molar-refractivity contribution in [3.8, 4) is 0 Å². The van der Waals surface area contributed by atoms with Crippen LogP contribution in [0, 0.1) is 0 Å². The summed E-state index contributed by atoms with van der Waals surface area (Å²) in [6.07, 6.45) is 2.34. The van der Waals surface area contributed by atoms with E-state index < -0.39 is 0 Å². The molecule has 1 saturated heterocycles. The van der Waals surface area contributed by atoms with Crippen molar-refractivity contribution in [2.45, 2.75) is 18.9 Å². The Balaban J connectivity index is 1.82. The zero-order chi connectivity index (χ0) is 10.1. The van der Waals surface area contributed by atoms with Gasteiger partial charge in [-0.05, 0) is 12.8 Å². The predicted molar refractivity (Wildman–Crippen MR) is 61.0 cm³/mol. The first-order chi connectivity index (χ1) is 6.93. The second-order valence-electron chi connectivity index (χ2n) is 3.45. The Hall–Kier alpha value is 0.230. The number of rotatable bonds is 7. The van der Waals surface area contributed by atoms with Gasteiger partial charge in [-0.3, -0.25) is 0 Å². The molecule has 0 aromatic rings. The summed E-state index contributed by atoms with van der Waals surface area (Å²) in [4.78, 5) is 0. The first kappa shape index (κ1) is 12.3. The average Bonchev–Trinajstić information content (AvgIpc) is 2.25. The third-order valence-electron chi connectivity index (χ3n) is 2.33. The molecule has 4 heteroatoms. The van der Waals surface area contributed by atoms with E-state index in [1.54, 1.807) is 7.11 Å². The molecule has 0 aliphatic carbocycles. The monoisotopic (exact) mass is 219 g/mol. The van der Waals surface area contributed by atoms with Gasteiger partial charge >= 0.3 is 0 Å². The van der Waals surface area contributed by atoms with Crippen LogP contribution in [0.15, 0.2) is 0 Å². The van der Waals surface area contributed by atoms with Gasteiger partial charge in [-0.1, -0.05) is 0 Å². The standard InChI is InChI=1S/C10H21NO2S/c1-12-7-9-14-8-4-11-10-2-5-13-6-3-10/h10-11H,2-9H2,1H3. The lowest BCUT2D eigenvalue weighted by Crippen LogP contribution is -2.36. The van der Waals surface area contributed by atoms with Crippen molar-refractivity contribution >= 4 is 11.8 Å². The van der Waals surface area contributed by atoms with Gasteiger partial charge in [-0.15, -0.1) is 0 Å². The molecule has 84 valence electrons. The van der Waals surface area contributed by atoms with Gasteiger partial charge in [-0.2, -0.15) is 11.8 Å². The number of methoxy groups -OCH3 is 1. The molecular formula is C10H21NO2S. The molecule has 1 rings (SSSR count). The maximum Gasteiger partial charge on any atom is 0.0552 e. The number of nitrogens with one attached hydrogen (secondary N) is 1. The van der Waals surface area contributed by atoms with Crippen LogP contribution >= 0.6 is 11.8 Å². The molecule has 14 heavy (non-hydrogen) atoms. The number of hydrogen-bond acceptors (Lipinski definition) is 4. The number of hydrogen-bond donors (Lipinski definition) is 1. The Bertz CT molecular complexity index is 129. The van der Waals surface area contributed by atoms with Crippen LogP contribution in [0.5, 0.6) is 0 Å². The molecule has 0 saturated carbocycles. The van der Waals surface area contributed by atoms with Gasteiger partial charge in [0.05, 0.1) is 6.61 Å². The van der Waals surface area contributed by atoms with Crippen LogP contribution < -0.4 is 5.32 Å². The van der Waals surface area contributed by atoms with Gasteiger partial charge in [0.1, 0.15) is 0 Å². The Kier molecular flexibility index (Phi) is 7.50. The van der Waals surface area contributed by atoms with E-state index in [4.69, 9.17) is 9.47 Å². The van der Waals surface area contributed by atoms with Crippen LogP contribution in [0.2, 0.25) is 0 Å². The average molecular weight is 219 g/mol. The van der Waals surface area contributed by atoms with Crippen LogP contribution in [0.25, 0.3) is 0 Å². The molecule has 1 N–H and O–H groups in total. The van der Waals surface area contributed by atoms with Crippen LogP contribution in [0.1, 0.15) is 12.8 Å². The van der Waals surface area contributed by atoms with E-state index in [1.165, 1.54) is 18.6 Å². The fourth-order valence-electron chi connectivity index (χ4n) is 1.48. The summed E-state index contributed by atoms with van der Waals surface area (Å²) in [5.41, 5.74) is 0. The van der Waals surface area contributed by atoms with Crippen LogP contribution in [0.3, 0.4) is 0 Å². The Labute approximate surface area is 90.9 Å². The summed E-state index contributed by atoms with van der Waals surface area (Å²) >= 11 is 1.95. The molecule has 1 aliphatic heterocycles. The first-order valence-electron chi connectivity index (χ1n) is 5.31. The lowest BCUT2D eigenvalue weighted by atomic mass is 10.1. The summed E-state index contributed by atoms with van der Waals surface area (Å²) < 4.78 is 10.3. The molecule has 0 amide bonds. The van der Waals surface area contributed by atoms with Crippen LogP contribution in [0.4, 0.5) is 0 Å². The van der Waals surface area contributed by atoms with E-state index in [2.05, 4.69) is 5.32 Å². The smallest absolute Gasteiger partial charge is 0.0552 e. The Morgan fingerprint density at radius 2 is 2.14 bits per heavy atom. The Morgan fingerprint density at radius 1 is 1.36 bits per heavy atom. The minimum atomic E-state index is 0.687. The molecule has 0 radical (unpaired) electrons. The fraction of sp³-hybridized carbons (Fsp3) is 1.00. The highest BCUT2D eigenvalue weighted by molar-refractivity contribution is 7.99. The van der Waals surface area contributed by atoms with Crippen molar-refractivity contribution in [2.24, 2.45) is 0 Å². The van der Waals surface area contributed by atoms with E-state index in [0.717, 1.165) is 32.1 Å². The molecule has 1 heterocycles. The first-order valence-corrected chi connectivity index (χ1v) is 6.47. The fourth-order valence-corrected chi connectivity index (χ4v) is 2.23. The number of ether oxygens (including phenoxy) is 2. The lowest BCUT2D eigenvalue weighted by Gasteiger charge is -2.23. The van der Waals surface area contributed by atoms with Gasteiger partial charge in [0.25, 0.3) is 0 Å². The summed E-state index contributed by atoms with van der Waals surface area (Å²) in [7, 11) is 1.75. The molecule has 1 fully saturated rings. The molecule has 0 aromatic carbocycles. The molecule has 0 aromatic heterocycles. The molecule has 0 spiro atoms. The van der Waals surface area contributed by atoms with Gasteiger partial charge < -0.3 is 14.8 Å². The van der Waals surface area contributed by atoms with E-state index in [9.17, 15) is 0 Å². The maximum atomic E-state index is 5.30. The summed E-state index contributed by atoms with van der Waals surface area (Å²) in [5, 5.41) is 3.56.